The van der Waals surface area contributed by atoms with Crippen LogP contribution in [0, 0.1) is 0 Å². The van der Waals surface area contributed by atoms with Crippen LogP contribution < -0.4 is 4.31 Å². The first-order valence-corrected chi connectivity index (χ1v) is 12.2. The highest BCUT2D eigenvalue weighted by molar-refractivity contribution is 7.92. The summed E-state index contributed by atoms with van der Waals surface area (Å²) in [4.78, 5) is 16.7. The molecule has 4 aromatic rings. The number of carbonyl (C=O) groups is 1. The van der Waals surface area contributed by atoms with E-state index < -0.39 is 16.0 Å². The van der Waals surface area contributed by atoms with Crippen LogP contribution in [0.25, 0.3) is 0 Å². The molecular formula is C25H22ClN3O4S. The lowest BCUT2D eigenvalue weighted by Gasteiger charge is -2.25. The largest absolute Gasteiger partial charge is 0.454 e. The molecule has 3 aromatic carbocycles. The summed E-state index contributed by atoms with van der Waals surface area (Å²) in [6.07, 6.45) is 1.46. The first-order valence-electron chi connectivity index (χ1n) is 10.4. The Kier molecular flexibility index (Phi) is 7.00. The highest BCUT2D eigenvalue weighted by Gasteiger charge is 2.26. The molecule has 0 saturated carbocycles. The van der Waals surface area contributed by atoms with Gasteiger partial charge in [0.15, 0.2) is 0 Å². The molecule has 0 atom stereocenters. The number of para-hydroxylation sites is 1. The Labute approximate surface area is 203 Å². The summed E-state index contributed by atoms with van der Waals surface area (Å²) in [5.74, 6) is -0.189. The van der Waals surface area contributed by atoms with Gasteiger partial charge in [0.2, 0.25) is 0 Å². The monoisotopic (exact) mass is 495 g/mol. The van der Waals surface area contributed by atoms with Crippen LogP contribution in [0.1, 0.15) is 21.7 Å². The lowest BCUT2D eigenvalue weighted by atomic mass is 10.2. The van der Waals surface area contributed by atoms with Crippen LogP contribution in [0.15, 0.2) is 96.0 Å². The third-order valence-corrected chi connectivity index (χ3v) is 7.35. The fraction of sp³-hybridized carbons (Fsp3) is 0.120. The fourth-order valence-electron chi connectivity index (χ4n) is 3.34. The summed E-state index contributed by atoms with van der Waals surface area (Å²) < 4.78 is 35.6. The van der Waals surface area contributed by atoms with Crippen molar-refractivity contribution < 1.29 is 17.9 Å². The Hall–Kier alpha value is -3.62. The number of nitrogens with zero attached hydrogens (tertiary/aromatic N) is 3. The molecule has 0 aliphatic carbocycles. The maximum atomic E-state index is 13.7. The normalized spacial score (nSPS) is 11.2. The SMILES string of the molecule is Cn1c(Cl)cnc1COC(=O)c1cccc(S(=O)(=O)N(Cc2ccccc2)c2ccccc2)c1. The molecule has 0 spiro atoms. The molecule has 0 amide bonds. The molecule has 1 aromatic heterocycles. The number of benzene rings is 3. The molecule has 34 heavy (non-hydrogen) atoms. The summed E-state index contributed by atoms with van der Waals surface area (Å²) in [5.41, 5.74) is 1.47. The first kappa shape index (κ1) is 23.5. The van der Waals surface area contributed by atoms with Gasteiger partial charge in [0.05, 0.1) is 28.9 Å². The fourth-order valence-corrected chi connectivity index (χ4v) is 4.99. The molecule has 1 heterocycles. The van der Waals surface area contributed by atoms with Crippen LogP contribution in [0.2, 0.25) is 5.15 Å². The van der Waals surface area contributed by atoms with Crippen LogP contribution in [0.4, 0.5) is 5.69 Å². The predicted octanol–water partition coefficient (Wildman–Crippen LogP) is 4.83. The average molecular weight is 496 g/mol. The number of halogens is 1. The number of rotatable bonds is 8. The molecular weight excluding hydrogens is 474 g/mol. The second kappa shape index (κ2) is 10.1. The summed E-state index contributed by atoms with van der Waals surface area (Å²) in [6, 6.07) is 24.0. The number of hydrogen-bond donors (Lipinski definition) is 0. The first-order chi connectivity index (χ1) is 16.4. The van der Waals surface area contributed by atoms with Gasteiger partial charge < -0.3 is 9.30 Å². The zero-order valence-corrected chi connectivity index (χ0v) is 19.9. The maximum Gasteiger partial charge on any atom is 0.338 e. The van der Waals surface area contributed by atoms with Gasteiger partial charge in [-0.2, -0.15) is 0 Å². The van der Waals surface area contributed by atoms with Gasteiger partial charge in [-0.05, 0) is 35.9 Å². The maximum absolute atomic E-state index is 13.7. The number of anilines is 1. The van der Waals surface area contributed by atoms with Gasteiger partial charge in [-0.1, -0.05) is 66.2 Å². The molecule has 0 aliphatic rings. The Morgan fingerprint density at radius 1 is 1.00 bits per heavy atom. The van der Waals surface area contributed by atoms with Gasteiger partial charge in [-0.25, -0.2) is 18.2 Å². The zero-order chi connectivity index (χ0) is 24.1. The van der Waals surface area contributed by atoms with E-state index in [4.69, 9.17) is 16.3 Å². The van der Waals surface area contributed by atoms with Gasteiger partial charge in [-0.15, -0.1) is 0 Å². The standard InChI is InChI=1S/C25H22ClN3O4S/c1-28-23(26)16-27-24(28)18-33-25(30)20-11-8-14-22(15-20)34(31,32)29(21-12-6-3-7-13-21)17-19-9-4-2-5-10-19/h2-16H,17-18H2,1H3. The summed E-state index contributed by atoms with van der Waals surface area (Å²) >= 11 is 5.96. The molecule has 0 saturated heterocycles. The van der Waals surface area contributed by atoms with Crippen molar-refractivity contribution in [3.05, 3.63) is 113 Å². The molecule has 0 radical (unpaired) electrons. The van der Waals surface area contributed by atoms with Gasteiger partial charge in [0, 0.05) is 7.05 Å². The number of aromatic nitrogens is 2. The number of ether oxygens (including phenoxy) is 1. The highest BCUT2D eigenvalue weighted by atomic mass is 35.5. The van der Waals surface area contributed by atoms with Gasteiger partial charge in [-0.3, -0.25) is 4.31 Å². The van der Waals surface area contributed by atoms with Gasteiger partial charge >= 0.3 is 5.97 Å². The van der Waals surface area contributed by atoms with Crippen molar-refractivity contribution in [3.8, 4) is 0 Å². The summed E-state index contributed by atoms with van der Waals surface area (Å²) in [5, 5.41) is 0.415. The van der Waals surface area contributed by atoms with E-state index in [1.54, 1.807) is 35.9 Å². The Morgan fingerprint density at radius 3 is 2.32 bits per heavy atom. The van der Waals surface area contributed by atoms with Crippen LogP contribution in [-0.2, 0) is 35.0 Å². The number of imidazole rings is 1. The predicted molar refractivity (Wildman–Crippen MR) is 130 cm³/mol. The average Bonchev–Trinajstić information content (AvgIpc) is 3.19. The second-order valence-electron chi connectivity index (χ2n) is 7.49. The molecule has 0 aliphatic heterocycles. The van der Waals surface area contributed by atoms with Crippen LogP contribution in [0.5, 0.6) is 0 Å². The minimum Gasteiger partial charge on any atom is -0.454 e. The molecule has 0 bridgehead atoms. The summed E-state index contributed by atoms with van der Waals surface area (Å²) in [7, 11) is -2.28. The van der Waals surface area contributed by atoms with Crippen LogP contribution >= 0.6 is 11.6 Å². The van der Waals surface area contributed by atoms with E-state index in [-0.39, 0.29) is 23.6 Å². The van der Waals surface area contributed by atoms with Crippen molar-refractivity contribution >= 4 is 33.3 Å². The van der Waals surface area contributed by atoms with Gasteiger partial charge in [0.25, 0.3) is 10.0 Å². The molecule has 7 nitrogen and oxygen atoms in total. The second-order valence-corrected chi connectivity index (χ2v) is 9.74. The van der Waals surface area contributed by atoms with Crippen molar-refractivity contribution in [2.45, 2.75) is 18.0 Å². The van der Waals surface area contributed by atoms with Crippen molar-refractivity contribution in [2.75, 3.05) is 4.31 Å². The Balaban J connectivity index is 1.61. The Bertz CT molecular complexity index is 1390. The van der Waals surface area contributed by atoms with Gasteiger partial charge in [0.1, 0.15) is 17.6 Å². The van der Waals surface area contributed by atoms with E-state index in [9.17, 15) is 13.2 Å². The minimum absolute atomic E-state index is 0.0122. The summed E-state index contributed by atoms with van der Waals surface area (Å²) in [6.45, 7) is 0.0466. The molecule has 0 N–H and O–H groups in total. The van der Waals surface area contributed by atoms with Crippen molar-refractivity contribution in [2.24, 2.45) is 7.05 Å². The molecule has 0 unspecified atom stereocenters. The van der Waals surface area contributed by atoms with Crippen molar-refractivity contribution in [3.63, 3.8) is 0 Å². The zero-order valence-electron chi connectivity index (χ0n) is 18.3. The van der Waals surface area contributed by atoms with E-state index in [0.717, 1.165) is 5.56 Å². The van der Waals surface area contributed by atoms with Crippen molar-refractivity contribution in [1.29, 1.82) is 0 Å². The smallest absolute Gasteiger partial charge is 0.338 e. The number of esters is 1. The number of sulfonamides is 1. The minimum atomic E-state index is -3.99. The number of hydrogen-bond acceptors (Lipinski definition) is 5. The van der Waals surface area contributed by atoms with E-state index in [1.165, 1.54) is 34.8 Å². The van der Waals surface area contributed by atoms with E-state index in [0.29, 0.717) is 16.7 Å². The molecule has 9 heteroatoms. The lowest BCUT2D eigenvalue weighted by molar-refractivity contribution is 0.0459. The molecule has 4 rings (SSSR count). The topological polar surface area (TPSA) is 81.5 Å². The van der Waals surface area contributed by atoms with Crippen LogP contribution in [0.3, 0.4) is 0 Å². The quantitative estimate of drug-likeness (QED) is 0.327. The molecule has 0 fully saturated rings. The molecule has 174 valence electrons. The lowest BCUT2D eigenvalue weighted by Crippen LogP contribution is -2.30. The van der Waals surface area contributed by atoms with E-state index >= 15 is 0 Å². The van der Waals surface area contributed by atoms with Crippen LogP contribution in [-0.4, -0.2) is 23.9 Å². The third kappa shape index (κ3) is 5.13. The van der Waals surface area contributed by atoms with E-state index in [2.05, 4.69) is 4.98 Å². The van der Waals surface area contributed by atoms with Crippen molar-refractivity contribution in [1.82, 2.24) is 9.55 Å². The number of carbonyl (C=O) groups excluding carboxylic acids is 1. The Morgan fingerprint density at radius 2 is 1.68 bits per heavy atom. The van der Waals surface area contributed by atoms with E-state index in [1.807, 2.05) is 36.4 Å². The highest BCUT2D eigenvalue weighted by Crippen LogP contribution is 2.26. The third-order valence-electron chi connectivity index (χ3n) is 5.23.